The van der Waals surface area contributed by atoms with Gasteiger partial charge in [0.2, 0.25) is 5.91 Å². The molecule has 3 rings (SSSR count). The Morgan fingerprint density at radius 2 is 1.85 bits per heavy atom. The van der Waals surface area contributed by atoms with Gasteiger partial charge in [-0.1, -0.05) is 25.1 Å². The van der Waals surface area contributed by atoms with Crippen molar-refractivity contribution in [2.24, 2.45) is 5.92 Å². The summed E-state index contributed by atoms with van der Waals surface area (Å²) in [5, 5.41) is 10.1. The first-order valence-corrected chi connectivity index (χ1v) is 16.8. The molecule has 0 aliphatic carbocycles. The van der Waals surface area contributed by atoms with Crippen LogP contribution in [0.25, 0.3) is 0 Å². The standard InChI is InChI=1S/C32H44F3N3O7S/c1-22-19-38(23(2)21-39)31(41)27-18-25(36-46(42,43)26-11-6-5-7-12-26)13-14-28(27)45-24(3)10-8-9-17-44-29(22)20-37(4)30(40)15-16-32(33,34)35/h5-7,11-14,18,22-24,29,36,39H,8-10,15-17,19-21H2,1-4H3/t22-,23-,24-,29+/m0/s1. The van der Waals surface area contributed by atoms with Crippen LogP contribution in [-0.4, -0.2) is 92.9 Å². The normalized spacial score (nSPS) is 21.0. The highest BCUT2D eigenvalue weighted by Crippen LogP contribution is 2.30. The molecule has 2 aromatic carbocycles. The highest BCUT2D eigenvalue weighted by atomic mass is 32.2. The lowest BCUT2D eigenvalue weighted by Crippen LogP contribution is -2.48. The Hall–Kier alpha value is -3.36. The molecule has 1 aliphatic heterocycles. The fourth-order valence-corrected chi connectivity index (χ4v) is 6.14. The number of alkyl halides is 3. The first kappa shape index (κ1) is 37.1. The summed E-state index contributed by atoms with van der Waals surface area (Å²) in [6.07, 6.45) is -5.30. The van der Waals surface area contributed by atoms with Crippen molar-refractivity contribution in [1.82, 2.24) is 9.80 Å². The van der Waals surface area contributed by atoms with Gasteiger partial charge in [0.1, 0.15) is 5.75 Å². The van der Waals surface area contributed by atoms with E-state index in [2.05, 4.69) is 4.72 Å². The van der Waals surface area contributed by atoms with E-state index >= 15 is 0 Å². The van der Waals surface area contributed by atoms with Gasteiger partial charge in [-0.3, -0.25) is 14.3 Å². The summed E-state index contributed by atoms with van der Waals surface area (Å²) in [6.45, 7) is 5.33. The predicted molar refractivity (Wildman–Crippen MR) is 167 cm³/mol. The van der Waals surface area contributed by atoms with Crippen LogP contribution in [0, 0.1) is 5.92 Å². The molecule has 0 unspecified atom stereocenters. The van der Waals surface area contributed by atoms with Gasteiger partial charge in [0.15, 0.2) is 0 Å². The zero-order valence-corrected chi connectivity index (χ0v) is 27.4. The fraction of sp³-hybridized carbons (Fsp3) is 0.562. The smallest absolute Gasteiger partial charge is 0.389 e. The lowest BCUT2D eigenvalue weighted by molar-refractivity contribution is -0.149. The number of carbonyl (C=O) groups excluding carboxylic acids is 2. The van der Waals surface area contributed by atoms with Crippen LogP contribution in [-0.2, 0) is 19.6 Å². The highest BCUT2D eigenvalue weighted by Gasteiger charge is 2.32. The number of nitrogens with zero attached hydrogens (tertiary/aromatic N) is 2. The van der Waals surface area contributed by atoms with Crippen molar-refractivity contribution in [2.45, 2.75) is 82.2 Å². The zero-order valence-electron chi connectivity index (χ0n) is 26.6. The molecule has 1 heterocycles. The molecule has 0 fully saturated rings. The quantitative estimate of drug-likeness (QED) is 0.381. The van der Waals surface area contributed by atoms with E-state index in [4.69, 9.17) is 9.47 Å². The summed E-state index contributed by atoms with van der Waals surface area (Å²) in [6, 6.07) is 11.6. The third kappa shape index (κ3) is 10.9. The predicted octanol–water partition coefficient (Wildman–Crippen LogP) is 5.08. The molecule has 10 nitrogen and oxygen atoms in total. The minimum atomic E-state index is -4.45. The van der Waals surface area contributed by atoms with Crippen molar-refractivity contribution >= 4 is 27.5 Å². The minimum absolute atomic E-state index is 0.00884. The number of hydrogen-bond acceptors (Lipinski definition) is 7. The van der Waals surface area contributed by atoms with Crippen LogP contribution < -0.4 is 9.46 Å². The van der Waals surface area contributed by atoms with Crippen LogP contribution in [0.15, 0.2) is 53.4 Å². The molecule has 2 aromatic rings. The van der Waals surface area contributed by atoms with Gasteiger partial charge in [0.25, 0.3) is 15.9 Å². The van der Waals surface area contributed by atoms with Gasteiger partial charge >= 0.3 is 6.18 Å². The maximum absolute atomic E-state index is 14.2. The van der Waals surface area contributed by atoms with E-state index in [9.17, 15) is 36.3 Å². The van der Waals surface area contributed by atoms with Gasteiger partial charge in [-0.25, -0.2) is 8.42 Å². The number of hydrogen-bond donors (Lipinski definition) is 2. The number of rotatable bonds is 9. The maximum atomic E-state index is 14.2. The topological polar surface area (TPSA) is 125 Å². The van der Waals surface area contributed by atoms with E-state index in [1.807, 2.05) is 6.92 Å². The number of ether oxygens (including phenoxy) is 2. The molecule has 0 bridgehead atoms. The third-order valence-corrected chi connectivity index (χ3v) is 9.26. The molecule has 0 saturated carbocycles. The molecular formula is C32H44F3N3O7S. The van der Waals surface area contributed by atoms with Crippen molar-refractivity contribution in [3.63, 3.8) is 0 Å². The largest absolute Gasteiger partial charge is 0.490 e. The van der Waals surface area contributed by atoms with Gasteiger partial charge < -0.3 is 24.4 Å². The number of benzene rings is 2. The number of halogens is 3. The minimum Gasteiger partial charge on any atom is -0.490 e. The van der Waals surface area contributed by atoms with E-state index in [-0.39, 0.29) is 47.7 Å². The van der Waals surface area contributed by atoms with Crippen LogP contribution in [0.2, 0.25) is 0 Å². The van der Waals surface area contributed by atoms with E-state index in [1.54, 1.807) is 32.0 Å². The van der Waals surface area contributed by atoms with Gasteiger partial charge in [-0.05, 0) is 63.4 Å². The van der Waals surface area contributed by atoms with Crippen molar-refractivity contribution < 1.29 is 45.8 Å². The van der Waals surface area contributed by atoms with Crippen molar-refractivity contribution in [3.05, 3.63) is 54.1 Å². The highest BCUT2D eigenvalue weighted by molar-refractivity contribution is 7.92. The van der Waals surface area contributed by atoms with Crippen molar-refractivity contribution in [3.8, 4) is 5.75 Å². The van der Waals surface area contributed by atoms with Crippen LogP contribution in [0.1, 0.15) is 63.2 Å². The zero-order chi connectivity index (χ0) is 34.1. The molecular weight excluding hydrogens is 627 g/mol. The third-order valence-electron chi connectivity index (χ3n) is 7.86. The summed E-state index contributed by atoms with van der Waals surface area (Å²) < 4.78 is 79.1. The van der Waals surface area contributed by atoms with Crippen molar-refractivity contribution in [1.29, 1.82) is 0 Å². The van der Waals surface area contributed by atoms with E-state index in [0.717, 1.165) is 0 Å². The molecule has 0 spiro atoms. The monoisotopic (exact) mass is 671 g/mol. The number of amides is 2. The van der Waals surface area contributed by atoms with Crippen LogP contribution >= 0.6 is 0 Å². The summed E-state index contributed by atoms with van der Waals surface area (Å²) in [5.41, 5.74) is 0.222. The molecule has 2 amide bonds. The molecule has 1 aliphatic rings. The van der Waals surface area contributed by atoms with Gasteiger partial charge in [-0.2, -0.15) is 13.2 Å². The number of sulfonamides is 1. The second-order valence-electron chi connectivity index (χ2n) is 11.8. The van der Waals surface area contributed by atoms with E-state index in [0.29, 0.717) is 25.9 Å². The lowest BCUT2D eigenvalue weighted by atomic mass is 10.0. The number of aliphatic hydroxyl groups excluding tert-OH is 1. The van der Waals surface area contributed by atoms with Gasteiger partial charge in [-0.15, -0.1) is 0 Å². The molecule has 0 saturated heterocycles. The summed E-state index contributed by atoms with van der Waals surface area (Å²) in [7, 11) is -2.54. The molecule has 256 valence electrons. The van der Waals surface area contributed by atoms with Crippen LogP contribution in [0.3, 0.4) is 0 Å². The summed E-state index contributed by atoms with van der Waals surface area (Å²) in [4.78, 5) is 29.4. The van der Waals surface area contributed by atoms with E-state index in [1.165, 1.54) is 47.2 Å². The Morgan fingerprint density at radius 1 is 1.15 bits per heavy atom. The average molecular weight is 672 g/mol. The molecule has 0 radical (unpaired) electrons. The van der Waals surface area contributed by atoms with Crippen LogP contribution in [0.4, 0.5) is 18.9 Å². The number of fused-ring (bicyclic) bond motifs is 1. The Kier molecular flexibility index (Phi) is 13.3. The Bertz CT molecular complexity index is 1410. The second kappa shape index (κ2) is 16.5. The Labute approximate surface area is 268 Å². The number of carbonyl (C=O) groups is 2. The molecule has 4 atom stereocenters. The van der Waals surface area contributed by atoms with Crippen molar-refractivity contribution in [2.75, 3.05) is 38.1 Å². The maximum Gasteiger partial charge on any atom is 0.389 e. The Morgan fingerprint density at radius 3 is 2.50 bits per heavy atom. The first-order chi connectivity index (χ1) is 21.6. The number of likely N-dealkylation sites (N-methyl/N-ethyl adjacent to an activating group) is 1. The van der Waals surface area contributed by atoms with Gasteiger partial charge in [0.05, 0.1) is 41.7 Å². The number of anilines is 1. The lowest BCUT2D eigenvalue weighted by Gasteiger charge is -2.36. The average Bonchev–Trinajstić information content (AvgIpc) is 3.01. The Balaban J connectivity index is 1.95. The van der Waals surface area contributed by atoms with Gasteiger partial charge in [0, 0.05) is 44.8 Å². The molecule has 14 heteroatoms. The number of nitrogens with one attached hydrogen (secondary N) is 1. The fourth-order valence-electron chi connectivity index (χ4n) is 5.07. The van der Waals surface area contributed by atoms with E-state index < -0.39 is 58.9 Å². The summed E-state index contributed by atoms with van der Waals surface area (Å²) in [5.74, 6) is -1.36. The first-order valence-electron chi connectivity index (χ1n) is 15.3. The van der Waals surface area contributed by atoms with Crippen LogP contribution in [0.5, 0.6) is 5.75 Å². The molecule has 46 heavy (non-hydrogen) atoms. The molecule has 2 N–H and O–H groups in total. The SMILES string of the molecule is C[C@H]1CCCCO[C@H](CN(C)C(=O)CCC(F)(F)F)[C@@H](C)CN([C@@H](C)CO)C(=O)c2cc(NS(=O)(=O)c3ccccc3)ccc2O1. The number of aliphatic hydroxyl groups is 1. The second-order valence-corrected chi connectivity index (χ2v) is 13.5. The summed E-state index contributed by atoms with van der Waals surface area (Å²) >= 11 is 0. The molecule has 0 aromatic heterocycles.